The molecule has 1 heterocycles. The number of benzene rings is 1. The molecule has 4 rings (SSSR count). The van der Waals surface area contributed by atoms with E-state index in [1.54, 1.807) is 6.07 Å². The van der Waals surface area contributed by atoms with Gasteiger partial charge in [-0.3, -0.25) is 9.69 Å². The molecular weight excluding hydrogens is 405 g/mol. The van der Waals surface area contributed by atoms with Crippen LogP contribution in [0.15, 0.2) is 18.2 Å². The first-order valence-corrected chi connectivity index (χ1v) is 11.5. The number of hydrogen-bond acceptors (Lipinski definition) is 4. The highest BCUT2D eigenvalue weighted by Crippen LogP contribution is 2.48. The summed E-state index contributed by atoms with van der Waals surface area (Å²) in [6.45, 7) is 4.72. The van der Waals surface area contributed by atoms with Crippen LogP contribution in [0.25, 0.3) is 0 Å². The van der Waals surface area contributed by atoms with Gasteiger partial charge in [0.15, 0.2) is 0 Å². The lowest BCUT2D eigenvalue weighted by atomic mass is 9.88. The van der Waals surface area contributed by atoms with Crippen molar-refractivity contribution < 1.29 is 18.0 Å². The molecule has 0 aromatic heterocycles. The summed E-state index contributed by atoms with van der Waals surface area (Å²) in [6.07, 6.45) is 2.40. The maximum Gasteiger partial charge on any atom is 0.418 e. The van der Waals surface area contributed by atoms with Crippen LogP contribution in [0.5, 0.6) is 0 Å². The molecule has 8 heteroatoms. The van der Waals surface area contributed by atoms with Gasteiger partial charge in [0.25, 0.3) is 0 Å². The molecule has 1 aromatic carbocycles. The largest absolute Gasteiger partial charge is 0.418 e. The highest BCUT2D eigenvalue weighted by Gasteiger charge is 2.42. The Kier molecular flexibility index (Phi) is 6.65. The number of alkyl halides is 3. The third-order valence-corrected chi connectivity index (χ3v) is 7.35. The van der Waals surface area contributed by atoms with Gasteiger partial charge in [-0.1, -0.05) is 6.42 Å². The van der Waals surface area contributed by atoms with Gasteiger partial charge in [0.05, 0.1) is 5.56 Å². The third kappa shape index (κ3) is 5.27. The molecular formula is C23H33F3N4O. The number of nitrogens with two attached hydrogens (primary N) is 1. The molecule has 2 bridgehead atoms. The fourth-order valence-corrected chi connectivity index (χ4v) is 5.59. The van der Waals surface area contributed by atoms with E-state index in [2.05, 4.69) is 10.2 Å². The Bertz CT molecular complexity index is 777. The summed E-state index contributed by atoms with van der Waals surface area (Å²) in [7, 11) is 0. The van der Waals surface area contributed by atoms with Crippen molar-refractivity contribution in [3.05, 3.63) is 23.8 Å². The molecule has 31 heavy (non-hydrogen) atoms. The van der Waals surface area contributed by atoms with Crippen LogP contribution in [0, 0.1) is 17.8 Å². The average Bonchev–Trinajstić information content (AvgIpc) is 3.37. The number of rotatable bonds is 7. The highest BCUT2D eigenvalue weighted by molar-refractivity contribution is 5.79. The molecule has 3 atom stereocenters. The van der Waals surface area contributed by atoms with Crippen LogP contribution >= 0.6 is 0 Å². The fourth-order valence-electron chi connectivity index (χ4n) is 5.59. The number of carbonyl (C=O) groups excluding carboxylic acids is 1. The van der Waals surface area contributed by atoms with Gasteiger partial charge in [0.1, 0.15) is 0 Å². The summed E-state index contributed by atoms with van der Waals surface area (Å²) in [5.41, 5.74) is 5.08. The maximum atomic E-state index is 13.1. The number of fused-ring (bicyclic) bond motifs is 2. The minimum atomic E-state index is -4.44. The Morgan fingerprint density at radius 1 is 1.10 bits per heavy atom. The Hall–Kier alpha value is -1.96. The molecule has 2 saturated carbocycles. The van der Waals surface area contributed by atoms with Crippen LogP contribution in [0.4, 0.5) is 24.5 Å². The first-order valence-electron chi connectivity index (χ1n) is 11.5. The summed E-state index contributed by atoms with van der Waals surface area (Å²) in [5.74, 6) is 1.91. The SMILES string of the molecule is Nc1ccc(N2CCN(CCCCNC(=O)C3CC4CCC3C4)CC2)cc1C(F)(F)F. The minimum Gasteiger partial charge on any atom is -0.398 e. The monoisotopic (exact) mass is 438 g/mol. The Morgan fingerprint density at radius 2 is 1.87 bits per heavy atom. The van der Waals surface area contributed by atoms with Crippen LogP contribution in [0.3, 0.4) is 0 Å². The van der Waals surface area contributed by atoms with E-state index in [1.807, 2.05) is 4.90 Å². The summed E-state index contributed by atoms with van der Waals surface area (Å²) >= 11 is 0. The van der Waals surface area contributed by atoms with Crippen molar-refractivity contribution in [3.63, 3.8) is 0 Å². The van der Waals surface area contributed by atoms with Crippen molar-refractivity contribution >= 4 is 17.3 Å². The van der Waals surface area contributed by atoms with Crippen molar-refractivity contribution in [1.29, 1.82) is 0 Å². The molecule has 3 unspecified atom stereocenters. The summed E-state index contributed by atoms with van der Waals surface area (Å²) < 4.78 is 39.3. The fraction of sp³-hybridized carbons (Fsp3) is 0.696. The number of nitrogen functional groups attached to an aromatic ring is 1. The standard InChI is InChI=1S/C23H33F3N4O/c24-23(25,26)20-15-18(5-6-21(20)27)30-11-9-29(10-12-30)8-2-1-7-28-22(31)19-14-16-3-4-17(19)13-16/h5-6,15-17,19H,1-4,7-14,27H2,(H,28,31). The van der Waals surface area contributed by atoms with E-state index in [1.165, 1.54) is 25.3 Å². The van der Waals surface area contributed by atoms with Crippen molar-refractivity contribution in [2.24, 2.45) is 17.8 Å². The number of hydrogen-bond donors (Lipinski definition) is 2. The zero-order valence-corrected chi connectivity index (χ0v) is 18.0. The zero-order chi connectivity index (χ0) is 22.0. The molecule has 1 saturated heterocycles. The van der Waals surface area contributed by atoms with E-state index in [-0.39, 0.29) is 17.5 Å². The lowest BCUT2D eigenvalue weighted by molar-refractivity contribution is -0.136. The first kappa shape index (κ1) is 22.2. The number of nitrogens with one attached hydrogen (secondary N) is 1. The quantitative estimate of drug-likeness (QED) is 0.503. The average molecular weight is 439 g/mol. The third-order valence-electron chi connectivity index (χ3n) is 7.35. The van der Waals surface area contributed by atoms with E-state index < -0.39 is 11.7 Å². The second kappa shape index (κ2) is 9.27. The van der Waals surface area contributed by atoms with Crippen molar-refractivity contribution in [1.82, 2.24) is 10.2 Å². The Balaban J connectivity index is 1.14. The van der Waals surface area contributed by atoms with E-state index in [0.29, 0.717) is 24.7 Å². The van der Waals surface area contributed by atoms with E-state index >= 15 is 0 Å². The normalized spacial score (nSPS) is 26.4. The smallest absolute Gasteiger partial charge is 0.398 e. The van der Waals surface area contributed by atoms with E-state index in [0.717, 1.165) is 57.4 Å². The van der Waals surface area contributed by atoms with Crippen LogP contribution in [-0.4, -0.2) is 50.1 Å². The summed E-state index contributed by atoms with van der Waals surface area (Å²) in [4.78, 5) is 16.7. The molecule has 5 nitrogen and oxygen atoms in total. The molecule has 2 aliphatic carbocycles. The van der Waals surface area contributed by atoms with Gasteiger partial charge < -0.3 is 16.0 Å². The van der Waals surface area contributed by atoms with Gasteiger partial charge in [-0.2, -0.15) is 13.2 Å². The number of unbranched alkanes of at least 4 members (excludes halogenated alkanes) is 1. The van der Waals surface area contributed by atoms with Crippen LogP contribution in [0.1, 0.15) is 44.1 Å². The molecule has 3 N–H and O–H groups in total. The number of halogens is 3. The summed E-state index contributed by atoms with van der Waals surface area (Å²) in [6, 6.07) is 4.17. The maximum absolute atomic E-state index is 13.1. The minimum absolute atomic E-state index is 0.234. The van der Waals surface area contributed by atoms with Gasteiger partial charge >= 0.3 is 6.18 Å². The first-order chi connectivity index (χ1) is 14.8. The number of anilines is 2. The lowest BCUT2D eigenvalue weighted by Crippen LogP contribution is -2.46. The second-order valence-corrected chi connectivity index (χ2v) is 9.38. The topological polar surface area (TPSA) is 61.6 Å². The van der Waals surface area contributed by atoms with E-state index in [4.69, 9.17) is 5.73 Å². The molecule has 3 aliphatic rings. The molecule has 0 spiro atoms. The van der Waals surface area contributed by atoms with Crippen LogP contribution < -0.4 is 16.0 Å². The predicted molar refractivity (Wildman–Crippen MR) is 116 cm³/mol. The van der Waals surface area contributed by atoms with Crippen molar-refractivity contribution in [2.45, 2.75) is 44.7 Å². The highest BCUT2D eigenvalue weighted by atomic mass is 19.4. The van der Waals surface area contributed by atoms with Crippen LogP contribution in [-0.2, 0) is 11.0 Å². The van der Waals surface area contributed by atoms with Crippen LogP contribution in [0.2, 0.25) is 0 Å². The molecule has 1 aromatic rings. The molecule has 3 fully saturated rings. The molecule has 1 aliphatic heterocycles. The number of piperazine rings is 1. The van der Waals surface area contributed by atoms with Gasteiger partial charge in [-0.25, -0.2) is 0 Å². The number of amides is 1. The molecule has 1 amide bonds. The number of carbonyl (C=O) groups is 1. The van der Waals surface area contributed by atoms with Gasteiger partial charge in [0, 0.05) is 50.0 Å². The molecule has 0 radical (unpaired) electrons. The zero-order valence-electron chi connectivity index (χ0n) is 18.0. The molecule has 172 valence electrons. The summed E-state index contributed by atoms with van der Waals surface area (Å²) in [5, 5.41) is 3.13. The van der Waals surface area contributed by atoms with Crippen molar-refractivity contribution in [3.8, 4) is 0 Å². The Labute approximate surface area is 182 Å². The van der Waals surface area contributed by atoms with E-state index in [9.17, 15) is 18.0 Å². The van der Waals surface area contributed by atoms with Gasteiger partial charge in [0.2, 0.25) is 5.91 Å². The van der Waals surface area contributed by atoms with Gasteiger partial charge in [-0.15, -0.1) is 0 Å². The Morgan fingerprint density at radius 3 is 2.52 bits per heavy atom. The second-order valence-electron chi connectivity index (χ2n) is 9.38. The van der Waals surface area contributed by atoms with Crippen molar-refractivity contribution in [2.75, 3.05) is 49.9 Å². The lowest BCUT2D eigenvalue weighted by Gasteiger charge is -2.36. The number of nitrogens with zero attached hydrogens (tertiary/aromatic N) is 2. The van der Waals surface area contributed by atoms with Gasteiger partial charge in [-0.05, 0) is 68.7 Å². The predicted octanol–water partition coefficient (Wildman–Crippen LogP) is 3.74.